The van der Waals surface area contributed by atoms with Crippen molar-refractivity contribution < 1.29 is 4.57 Å². The molecule has 1 aliphatic heterocycles. The van der Waals surface area contributed by atoms with Gasteiger partial charge in [-0.25, -0.2) is 0 Å². The van der Waals surface area contributed by atoms with Crippen LogP contribution in [0.1, 0.15) is 51.7 Å². The van der Waals surface area contributed by atoms with Crippen molar-refractivity contribution in [3.63, 3.8) is 0 Å². The second kappa shape index (κ2) is 6.00. The third kappa shape index (κ3) is 2.49. The van der Waals surface area contributed by atoms with E-state index in [0.29, 0.717) is 0 Å². The summed E-state index contributed by atoms with van der Waals surface area (Å²) >= 11 is 0. The zero-order valence-electron chi connectivity index (χ0n) is 19.0. The van der Waals surface area contributed by atoms with Crippen LogP contribution in [0.3, 0.4) is 0 Å². The molecular formula is C28H29N3. The summed E-state index contributed by atoms with van der Waals surface area (Å²) in [5.41, 5.74) is 10.6. The minimum atomic E-state index is 0.178. The Bertz CT molecular complexity index is 1340. The molecular weight excluding hydrogens is 378 g/mol. The van der Waals surface area contributed by atoms with Crippen LogP contribution in [0.15, 0.2) is 60.7 Å². The largest absolute Gasteiger partial charge is 0.351 e. The van der Waals surface area contributed by atoms with E-state index in [9.17, 15) is 0 Å². The van der Waals surface area contributed by atoms with Crippen molar-refractivity contribution in [2.24, 2.45) is 0 Å². The van der Waals surface area contributed by atoms with E-state index in [1.165, 1.54) is 52.1 Å². The quantitative estimate of drug-likeness (QED) is 0.273. The van der Waals surface area contributed by atoms with Crippen LogP contribution in [0, 0.1) is 6.33 Å². The molecule has 0 saturated carbocycles. The molecule has 0 radical (unpaired) electrons. The predicted molar refractivity (Wildman–Crippen MR) is 127 cm³/mol. The molecule has 3 nitrogen and oxygen atoms in total. The van der Waals surface area contributed by atoms with Crippen LogP contribution in [-0.4, -0.2) is 11.6 Å². The summed E-state index contributed by atoms with van der Waals surface area (Å²) in [5, 5.41) is 0. The third-order valence-corrected chi connectivity index (χ3v) is 7.58. The highest BCUT2D eigenvalue weighted by atomic mass is 15.2. The molecule has 0 fully saturated rings. The monoisotopic (exact) mass is 407 g/mol. The maximum absolute atomic E-state index is 3.69. The Balaban J connectivity index is 1.69. The van der Waals surface area contributed by atoms with Gasteiger partial charge in [-0.1, -0.05) is 58.0 Å². The average Bonchev–Trinajstić information content (AvgIpc) is 3.16. The van der Waals surface area contributed by atoms with Crippen molar-refractivity contribution in [1.29, 1.82) is 0 Å². The summed E-state index contributed by atoms with van der Waals surface area (Å²) in [6, 6.07) is 22.0. The van der Waals surface area contributed by atoms with Gasteiger partial charge in [0.1, 0.15) is 5.52 Å². The number of fused-ring (bicyclic) bond motifs is 3. The number of rotatable bonds is 1. The highest BCUT2D eigenvalue weighted by Crippen LogP contribution is 2.49. The smallest absolute Gasteiger partial charge is 0.269 e. The molecule has 3 aromatic carbocycles. The number of hydrogen-bond donors (Lipinski definition) is 0. The minimum Gasteiger partial charge on any atom is -0.351 e. The van der Waals surface area contributed by atoms with E-state index >= 15 is 0 Å². The maximum atomic E-state index is 3.69. The van der Waals surface area contributed by atoms with Crippen molar-refractivity contribution in [3.8, 4) is 11.4 Å². The molecule has 0 atom stereocenters. The zero-order chi connectivity index (χ0) is 21.5. The van der Waals surface area contributed by atoms with Crippen LogP contribution in [0.5, 0.6) is 0 Å². The predicted octanol–water partition coefficient (Wildman–Crippen LogP) is 6.14. The molecule has 2 heterocycles. The van der Waals surface area contributed by atoms with Gasteiger partial charge >= 0.3 is 0 Å². The Hall–Kier alpha value is -3.07. The molecule has 1 aromatic heterocycles. The lowest BCUT2D eigenvalue weighted by Gasteiger charge is -2.43. The molecule has 156 valence electrons. The fourth-order valence-electron chi connectivity index (χ4n) is 5.52. The summed E-state index contributed by atoms with van der Waals surface area (Å²) in [7, 11) is 2.20. The van der Waals surface area contributed by atoms with E-state index in [4.69, 9.17) is 0 Å². The standard InChI is InChI=1S/C28H29N3/c1-27(2)14-15-28(3,4)21-17-25-24(16-20(21)27)29(5)22-12-9-13-23-26(22)31(25)18-30(23)19-10-7-6-8-11-19/h6-13,16-17H,14-15H2,1-5H3. The summed E-state index contributed by atoms with van der Waals surface area (Å²) < 4.78 is 4.47. The highest BCUT2D eigenvalue weighted by Gasteiger charge is 2.39. The van der Waals surface area contributed by atoms with Crippen molar-refractivity contribution >= 4 is 22.4 Å². The van der Waals surface area contributed by atoms with Crippen LogP contribution in [0.25, 0.3) is 22.4 Å². The van der Waals surface area contributed by atoms with Crippen LogP contribution >= 0.6 is 0 Å². The molecule has 0 N–H and O–H groups in total. The van der Waals surface area contributed by atoms with E-state index < -0.39 is 0 Å². The van der Waals surface area contributed by atoms with Crippen LogP contribution < -0.4 is 9.47 Å². The molecule has 31 heavy (non-hydrogen) atoms. The number of nitrogens with zero attached hydrogens (tertiary/aromatic N) is 3. The van der Waals surface area contributed by atoms with Gasteiger partial charge in [-0.2, -0.15) is 0 Å². The SMILES string of the molecule is CN1c2cc3c(cc2-[n+]2[c-]n(-c4ccccc4)c4cccc1c42)C(C)(C)CCC3(C)C. The molecule has 0 bridgehead atoms. The van der Waals surface area contributed by atoms with Crippen molar-refractivity contribution in [2.75, 3.05) is 11.9 Å². The summed E-state index contributed by atoms with van der Waals surface area (Å²) in [4.78, 5) is 2.36. The van der Waals surface area contributed by atoms with Crippen molar-refractivity contribution in [1.82, 2.24) is 4.57 Å². The van der Waals surface area contributed by atoms with E-state index in [0.717, 1.165) is 5.69 Å². The summed E-state index contributed by atoms with van der Waals surface area (Å²) in [5.74, 6) is 0. The third-order valence-electron chi connectivity index (χ3n) is 7.58. The minimum absolute atomic E-state index is 0.178. The van der Waals surface area contributed by atoms with Crippen molar-refractivity contribution in [3.05, 3.63) is 78.1 Å². The number of aromatic nitrogens is 2. The molecule has 1 aliphatic carbocycles. The lowest BCUT2D eigenvalue weighted by molar-refractivity contribution is -0.572. The van der Waals surface area contributed by atoms with Gasteiger partial charge < -0.3 is 4.90 Å². The molecule has 0 spiro atoms. The lowest BCUT2D eigenvalue weighted by atomic mass is 9.63. The van der Waals surface area contributed by atoms with E-state index in [-0.39, 0.29) is 10.8 Å². The first-order valence-corrected chi connectivity index (χ1v) is 11.3. The van der Waals surface area contributed by atoms with Crippen LogP contribution in [0.4, 0.5) is 11.4 Å². The first-order valence-electron chi connectivity index (χ1n) is 11.3. The number of benzene rings is 3. The average molecular weight is 408 g/mol. The Labute approximate surface area is 184 Å². The first kappa shape index (κ1) is 18.7. The second-order valence-corrected chi connectivity index (χ2v) is 10.5. The number of anilines is 2. The zero-order valence-corrected chi connectivity index (χ0v) is 19.0. The van der Waals surface area contributed by atoms with Crippen molar-refractivity contribution in [2.45, 2.75) is 51.4 Å². The Morgan fingerprint density at radius 2 is 1.48 bits per heavy atom. The Morgan fingerprint density at radius 1 is 0.806 bits per heavy atom. The number of hydrogen-bond acceptors (Lipinski definition) is 1. The van der Waals surface area contributed by atoms with E-state index in [1.807, 2.05) is 0 Å². The summed E-state index contributed by atoms with van der Waals surface area (Å²) in [6.07, 6.45) is 6.12. The number of imidazole rings is 1. The molecule has 2 aliphatic rings. The molecule has 6 rings (SSSR count). The van der Waals surface area contributed by atoms with Gasteiger partial charge in [0, 0.05) is 12.7 Å². The Kier molecular flexibility index (Phi) is 3.62. The van der Waals surface area contributed by atoms with Gasteiger partial charge in [0.15, 0.2) is 0 Å². The fraction of sp³-hybridized carbons (Fsp3) is 0.321. The Morgan fingerprint density at radius 3 is 2.19 bits per heavy atom. The van der Waals surface area contributed by atoms with Crippen LogP contribution in [0.2, 0.25) is 0 Å². The van der Waals surface area contributed by atoms with Crippen LogP contribution in [-0.2, 0) is 10.8 Å². The molecule has 0 amide bonds. The molecule has 0 saturated heterocycles. The number of para-hydroxylation sites is 2. The van der Waals surface area contributed by atoms with E-state index in [2.05, 4.69) is 116 Å². The van der Waals surface area contributed by atoms with Gasteiger partial charge in [0.25, 0.3) is 6.33 Å². The topological polar surface area (TPSA) is 12.1 Å². The van der Waals surface area contributed by atoms with Gasteiger partial charge in [0.2, 0.25) is 0 Å². The molecule has 0 unspecified atom stereocenters. The van der Waals surface area contributed by atoms with Gasteiger partial charge in [-0.05, 0) is 65.1 Å². The first-order chi connectivity index (χ1) is 14.8. The maximum Gasteiger partial charge on any atom is 0.269 e. The fourth-order valence-corrected chi connectivity index (χ4v) is 5.52. The second-order valence-electron chi connectivity index (χ2n) is 10.5. The highest BCUT2D eigenvalue weighted by molar-refractivity contribution is 5.93. The van der Waals surface area contributed by atoms with Gasteiger partial charge in [0.05, 0.1) is 22.6 Å². The summed E-state index contributed by atoms with van der Waals surface area (Å²) in [6.45, 7) is 9.58. The molecule has 4 aromatic rings. The van der Waals surface area contributed by atoms with Gasteiger partial charge in [-0.15, -0.1) is 0 Å². The normalized spacial score (nSPS) is 18.0. The molecule has 3 heteroatoms. The lowest BCUT2D eigenvalue weighted by Crippen LogP contribution is -2.40. The van der Waals surface area contributed by atoms with Gasteiger partial charge in [-0.3, -0.25) is 9.13 Å². The van der Waals surface area contributed by atoms with E-state index in [1.54, 1.807) is 0 Å².